The third-order valence-corrected chi connectivity index (χ3v) is 5.48. The zero-order chi connectivity index (χ0) is 16.8. The first kappa shape index (κ1) is 17.1. The van der Waals surface area contributed by atoms with Crippen LogP contribution in [0.5, 0.6) is 0 Å². The van der Waals surface area contributed by atoms with Crippen molar-refractivity contribution in [3.05, 3.63) is 48.6 Å². The standard InChI is InChI=1S/C21H29NO2/c1-2-10-18-13-8-9-16-22(18)21(23)24-20-15-7-6-14-19(20)17-11-4-3-5-12-17/h2-5,11-12,18-20H,1,6-10,13-16H2/t18-,19+,20-/m1/s1. The molecule has 0 spiro atoms. The molecule has 2 fully saturated rings. The van der Waals surface area contributed by atoms with Crippen molar-refractivity contribution in [2.24, 2.45) is 0 Å². The van der Waals surface area contributed by atoms with Crippen LogP contribution in [0.2, 0.25) is 0 Å². The van der Waals surface area contributed by atoms with Gasteiger partial charge in [0.15, 0.2) is 0 Å². The van der Waals surface area contributed by atoms with Crippen LogP contribution >= 0.6 is 0 Å². The lowest BCUT2D eigenvalue weighted by Gasteiger charge is -2.38. The van der Waals surface area contributed by atoms with Gasteiger partial charge in [-0.2, -0.15) is 0 Å². The molecule has 1 aromatic rings. The molecule has 1 amide bonds. The molecule has 1 heterocycles. The third kappa shape index (κ3) is 4.00. The Kier molecular flexibility index (Phi) is 5.95. The number of hydrogen-bond donors (Lipinski definition) is 0. The molecular formula is C21H29NO2. The Hall–Kier alpha value is -1.77. The highest BCUT2D eigenvalue weighted by atomic mass is 16.6. The minimum absolute atomic E-state index is 0.0138. The lowest BCUT2D eigenvalue weighted by Crippen LogP contribution is -2.45. The van der Waals surface area contributed by atoms with Crippen molar-refractivity contribution in [2.45, 2.75) is 69.4 Å². The molecule has 0 aromatic heterocycles. The van der Waals surface area contributed by atoms with Crippen LogP contribution in [-0.2, 0) is 4.74 Å². The van der Waals surface area contributed by atoms with E-state index in [1.807, 2.05) is 17.0 Å². The van der Waals surface area contributed by atoms with E-state index in [1.165, 1.54) is 18.4 Å². The first-order valence-corrected chi connectivity index (χ1v) is 9.42. The van der Waals surface area contributed by atoms with Gasteiger partial charge in [0, 0.05) is 18.5 Å². The summed E-state index contributed by atoms with van der Waals surface area (Å²) in [6.45, 7) is 4.66. The highest BCUT2D eigenvalue weighted by molar-refractivity contribution is 5.68. The number of piperidine rings is 1. The fraction of sp³-hybridized carbons (Fsp3) is 0.571. The molecule has 3 nitrogen and oxygen atoms in total. The molecule has 130 valence electrons. The summed E-state index contributed by atoms with van der Waals surface area (Å²) in [6, 6.07) is 10.8. The van der Waals surface area contributed by atoms with E-state index in [4.69, 9.17) is 4.74 Å². The minimum Gasteiger partial charge on any atom is -0.445 e. The van der Waals surface area contributed by atoms with Gasteiger partial charge < -0.3 is 9.64 Å². The molecule has 3 atom stereocenters. The maximum atomic E-state index is 12.8. The second kappa shape index (κ2) is 8.36. The van der Waals surface area contributed by atoms with Crippen molar-refractivity contribution in [2.75, 3.05) is 6.54 Å². The van der Waals surface area contributed by atoms with Crippen molar-refractivity contribution >= 4 is 6.09 Å². The minimum atomic E-state index is -0.116. The van der Waals surface area contributed by atoms with E-state index in [0.717, 1.165) is 45.1 Å². The maximum Gasteiger partial charge on any atom is 0.410 e. The quantitative estimate of drug-likeness (QED) is 0.704. The fourth-order valence-electron chi connectivity index (χ4n) is 4.20. The summed E-state index contributed by atoms with van der Waals surface area (Å²) in [5, 5.41) is 0. The first-order valence-electron chi connectivity index (χ1n) is 9.42. The van der Waals surface area contributed by atoms with E-state index in [2.05, 4.69) is 30.8 Å². The highest BCUT2D eigenvalue weighted by Crippen LogP contribution is 2.35. The van der Waals surface area contributed by atoms with Crippen LogP contribution in [0, 0.1) is 0 Å². The molecule has 1 aliphatic carbocycles. The van der Waals surface area contributed by atoms with E-state index >= 15 is 0 Å². The molecule has 0 unspecified atom stereocenters. The van der Waals surface area contributed by atoms with Crippen molar-refractivity contribution in [3.63, 3.8) is 0 Å². The van der Waals surface area contributed by atoms with Gasteiger partial charge in [0.2, 0.25) is 0 Å². The van der Waals surface area contributed by atoms with Gasteiger partial charge in [0.25, 0.3) is 0 Å². The van der Waals surface area contributed by atoms with Crippen LogP contribution in [-0.4, -0.2) is 29.7 Å². The molecule has 0 radical (unpaired) electrons. The summed E-state index contributed by atoms with van der Waals surface area (Å²) in [5.74, 6) is 0.339. The maximum absolute atomic E-state index is 12.8. The summed E-state index contributed by atoms with van der Waals surface area (Å²) in [5.41, 5.74) is 1.30. The van der Waals surface area contributed by atoms with Crippen LogP contribution in [0.3, 0.4) is 0 Å². The van der Waals surface area contributed by atoms with Crippen LogP contribution in [0.1, 0.15) is 62.8 Å². The number of hydrogen-bond acceptors (Lipinski definition) is 2. The van der Waals surface area contributed by atoms with Crippen LogP contribution in [0.15, 0.2) is 43.0 Å². The number of amides is 1. The van der Waals surface area contributed by atoms with Gasteiger partial charge in [-0.3, -0.25) is 0 Å². The van der Waals surface area contributed by atoms with Crippen molar-refractivity contribution in [3.8, 4) is 0 Å². The average molecular weight is 327 g/mol. The Labute approximate surface area is 145 Å². The molecule has 1 aromatic carbocycles. The second-order valence-corrected chi connectivity index (χ2v) is 7.09. The van der Waals surface area contributed by atoms with Crippen molar-refractivity contribution in [1.82, 2.24) is 4.90 Å². The number of rotatable bonds is 4. The lowest BCUT2D eigenvalue weighted by atomic mass is 9.81. The van der Waals surface area contributed by atoms with Gasteiger partial charge >= 0.3 is 6.09 Å². The molecule has 1 saturated carbocycles. The summed E-state index contributed by atoms with van der Waals surface area (Å²) in [4.78, 5) is 14.7. The van der Waals surface area contributed by atoms with Crippen LogP contribution < -0.4 is 0 Å². The normalized spacial score (nSPS) is 27.5. The van der Waals surface area contributed by atoms with Crippen LogP contribution in [0.4, 0.5) is 4.79 Å². The Morgan fingerprint density at radius 1 is 1.12 bits per heavy atom. The smallest absolute Gasteiger partial charge is 0.410 e. The summed E-state index contributed by atoms with van der Waals surface area (Å²) in [6.07, 6.45) is 10.5. The predicted octanol–water partition coefficient (Wildman–Crippen LogP) is 5.28. The van der Waals surface area contributed by atoms with Crippen molar-refractivity contribution in [1.29, 1.82) is 0 Å². The van der Waals surface area contributed by atoms with Gasteiger partial charge in [0.1, 0.15) is 6.10 Å². The molecule has 2 aliphatic rings. The molecule has 3 rings (SSSR count). The molecule has 24 heavy (non-hydrogen) atoms. The molecule has 1 saturated heterocycles. The third-order valence-electron chi connectivity index (χ3n) is 5.48. The Morgan fingerprint density at radius 3 is 2.67 bits per heavy atom. The molecule has 3 heteroatoms. The SMILES string of the molecule is C=CC[C@@H]1CCCCN1C(=O)O[C@@H]1CCCC[C@H]1c1ccccc1. The highest BCUT2D eigenvalue weighted by Gasteiger charge is 2.33. The zero-order valence-electron chi connectivity index (χ0n) is 14.5. The van der Waals surface area contributed by atoms with Gasteiger partial charge in [-0.25, -0.2) is 4.79 Å². The van der Waals surface area contributed by atoms with E-state index in [-0.39, 0.29) is 18.2 Å². The Balaban J connectivity index is 1.68. The molecular weight excluding hydrogens is 298 g/mol. The van der Waals surface area contributed by atoms with Gasteiger partial charge in [0.05, 0.1) is 0 Å². The van der Waals surface area contributed by atoms with Crippen molar-refractivity contribution < 1.29 is 9.53 Å². The number of benzene rings is 1. The monoisotopic (exact) mass is 327 g/mol. The van der Waals surface area contributed by atoms with E-state index in [0.29, 0.717) is 5.92 Å². The lowest BCUT2D eigenvalue weighted by molar-refractivity contribution is 0.0194. The van der Waals surface area contributed by atoms with Crippen LogP contribution in [0.25, 0.3) is 0 Å². The second-order valence-electron chi connectivity index (χ2n) is 7.09. The summed E-state index contributed by atoms with van der Waals surface area (Å²) < 4.78 is 6.03. The number of carbonyl (C=O) groups is 1. The van der Waals surface area contributed by atoms with E-state index < -0.39 is 0 Å². The van der Waals surface area contributed by atoms with Gasteiger partial charge in [-0.05, 0) is 50.5 Å². The van der Waals surface area contributed by atoms with E-state index in [1.54, 1.807) is 0 Å². The first-order chi connectivity index (χ1) is 11.8. The molecule has 0 bridgehead atoms. The average Bonchev–Trinajstić information content (AvgIpc) is 2.63. The fourth-order valence-corrected chi connectivity index (χ4v) is 4.20. The molecule has 1 aliphatic heterocycles. The number of carbonyl (C=O) groups excluding carboxylic acids is 1. The number of nitrogens with zero attached hydrogens (tertiary/aromatic N) is 1. The van der Waals surface area contributed by atoms with Gasteiger partial charge in [-0.15, -0.1) is 6.58 Å². The number of likely N-dealkylation sites (tertiary alicyclic amines) is 1. The van der Waals surface area contributed by atoms with E-state index in [9.17, 15) is 4.79 Å². The number of ether oxygens (including phenoxy) is 1. The Bertz CT molecular complexity index is 542. The van der Waals surface area contributed by atoms with Gasteiger partial charge in [-0.1, -0.05) is 42.8 Å². The topological polar surface area (TPSA) is 29.5 Å². The Morgan fingerprint density at radius 2 is 1.88 bits per heavy atom. The summed E-state index contributed by atoms with van der Waals surface area (Å²) in [7, 11) is 0. The zero-order valence-corrected chi connectivity index (χ0v) is 14.5. The molecule has 0 N–H and O–H groups in total. The summed E-state index contributed by atoms with van der Waals surface area (Å²) >= 11 is 0. The predicted molar refractivity (Wildman–Crippen MR) is 97.1 cm³/mol. The largest absolute Gasteiger partial charge is 0.445 e.